The highest BCUT2D eigenvalue weighted by Gasteiger charge is 2.23. The van der Waals surface area contributed by atoms with Gasteiger partial charge in [0.2, 0.25) is 0 Å². The second-order valence-corrected chi connectivity index (χ2v) is 9.60. The van der Waals surface area contributed by atoms with E-state index in [9.17, 15) is 4.79 Å². The average Bonchev–Trinajstić information content (AvgIpc) is 3.14. The Balaban J connectivity index is 1.86. The van der Waals surface area contributed by atoms with Gasteiger partial charge in [-0.2, -0.15) is 0 Å². The number of nitrogens with two attached hydrogens (primary N) is 1. The molecule has 1 aromatic rings. The summed E-state index contributed by atoms with van der Waals surface area (Å²) in [4.78, 5) is 13.2. The molecule has 0 saturated carbocycles. The van der Waals surface area contributed by atoms with E-state index in [0.717, 1.165) is 10.6 Å². The van der Waals surface area contributed by atoms with Gasteiger partial charge in [-0.15, -0.1) is 11.8 Å². The number of hydrogen-bond donors (Lipinski definition) is 4. The number of amides is 2. The quantitative estimate of drug-likeness (QED) is 0.505. The summed E-state index contributed by atoms with van der Waals surface area (Å²) < 4.78 is 0. The van der Waals surface area contributed by atoms with Crippen LogP contribution in [0.2, 0.25) is 0 Å². The number of benzene rings is 1. The predicted molar refractivity (Wildman–Crippen MR) is 124 cm³/mol. The lowest BCUT2D eigenvalue weighted by Gasteiger charge is -2.23. The molecule has 1 atom stereocenters. The monoisotopic (exact) mass is 418 g/mol. The summed E-state index contributed by atoms with van der Waals surface area (Å²) in [5, 5.41) is 12.0. The number of allylic oxidation sites excluding steroid dienone is 1. The Kier molecular flexibility index (Phi) is 8.10. The van der Waals surface area contributed by atoms with Crippen LogP contribution in [0.15, 0.2) is 52.3 Å². The number of rotatable bonds is 8. The van der Waals surface area contributed by atoms with Gasteiger partial charge >= 0.3 is 6.03 Å². The van der Waals surface area contributed by atoms with E-state index in [-0.39, 0.29) is 16.8 Å². The van der Waals surface area contributed by atoms with E-state index in [1.165, 1.54) is 22.9 Å². The summed E-state index contributed by atoms with van der Waals surface area (Å²) >= 11 is 3.18. The SMILES string of the molecule is C=C(NC(=O)NCC(C)(C)CN)S/C(=C\C)C1NC(c2cccc(C)c2)=CS1. The Morgan fingerprint density at radius 2 is 2.21 bits per heavy atom. The van der Waals surface area contributed by atoms with Gasteiger partial charge < -0.3 is 21.7 Å². The Morgan fingerprint density at radius 1 is 1.46 bits per heavy atom. The first kappa shape index (κ1) is 22.5. The second kappa shape index (κ2) is 10.1. The minimum Gasteiger partial charge on any atom is -0.368 e. The molecule has 5 N–H and O–H groups in total. The molecule has 28 heavy (non-hydrogen) atoms. The standard InChI is InChI=1S/C21H30N4OS2/c1-6-18(28-15(3)24-20(26)23-13-21(4,5)12-22)19-25-17(11-27-19)16-9-7-8-14(2)10-16/h6-11,19,25H,3,12-13,22H2,1-2,4-5H3,(H2,23,24,26)/b18-6-. The fourth-order valence-electron chi connectivity index (χ4n) is 2.44. The minimum atomic E-state index is -0.264. The zero-order valence-electron chi connectivity index (χ0n) is 17.0. The van der Waals surface area contributed by atoms with Gasteiger partial charge in [-0.3, -0.25) is 0 Å². The van der Waals surface area contributed by atoms with Crippen molar-refractivity contribution in [1.29, 1.82) is 0 Å². The average molecular weight is 419 g/mol. The highest BCUT2D eigenvalue weighted by Crippen LogP contribution is 2.37. The van der Waals surface area contributed by atoms with Crippen LogP contribution in [0.1, 0.15) is 31.9 Å². The highest BCUT2D eigenvalue weighted by atomic mass is 32.2. The fraction of sp³-hybridized carbons (Fsp3) is 0.381. The van der Waals surface area contributed by atoms with Gasteiger partial charge in [-0.1, -0.05) is 62.0 Å². The lowest BCUT2D eigenvalue weighted by atomic mass is 9.94. The molecule has 0 aliphatic carbocycles. The number of urea groups is 1. The van der Waals surface area contributed by atoms with Crippen LogP contribution in [-0.4, -0.2) is 24.5 Å². The van der Waals surface area contributed by atoms with Gasteiger partial charge in [0.05, 0.1) is 5.03 Å². The van der Waals surface area contributed by atoms with Crippen LogP contribution < -0.4 is 21.7 Å². The number of hydrogen-bond acceptors (Lipinski definition) is 5. The summed E-state index contributed by atoms with van der Waals surface area (Å²) in [6.45, 7) is 13.1. The molecule has 0 bridgehead atoms. The van der Waals surface area contributed by atoms with Crippen molar-refractivity contribution in [2.75, 3.05) is 13.1 Å². The third-order valence-electron chi connectivity index (χ3n) is 4.25. The topological polar surface area (TPSA) is 79.2 Å². The molecule has 152 valence electrons. The maximum absolute atomic E-state index is 12.1. The zero-order chi connectivity index (χ0) is 20.7. The van der Waals surface area contributed by atoms with Gasteiger partial charge in [0.25, 0.3) is 0 Å². The third kappa shape index (κ3) is 6.65. The summed E-state index contributed by atoms with van der Waals surface area (Å²) in [6.07, 6.45) is 2.05. The molecule has 5 nitrogen and oxygen atoms in total. The van der Waals surface area contributed by atoms with Crippen molar-refractivity contribution >= 4 is 35.3 Å². The second-order valence-electron chi connectivity index (χ2n) is 7.45. The van der Waals surface area contributed by atoms with Crippen molar-refractivity contribution in [3.05, 3.63) is 63.4 Å². The van der Waals surface area contributed by atoms with Crippen LogP contribution in [0.3, 0.4) is 0 Å². The van der Waals surface area contributed by atoms with Crippen LogP contribution in [0.4, 0.5) is 4.79 Å². The van der Waals surface area contributed by atoms with Gasteiger partial charge in [0.15, 0.2) is 0 Å². The van der Waals surface area contributed by atoms with Crippen LogP contribution in [0.5, 0.6) is 0 Å². The molecular formula is C21H30N4OS2. The largest absolute Gasteiger partial charge is 0.368 e. The Morgan fingerprint density at radius 3 is 2.86 bits per heavy atom. The molecule has 1 aromatic carbocycles. The van der Waals surface area contributed by atoms with Crippen molar-refractivity contribution in [3.63, 3.8) is 0 Å². The van der Waals surface area contributed by atoms with Gasteiger partial charge in [-0.25, -0.2) is 4.79 Å². The molecule has 1 heterocycles. The van der Waals surface area contributed by atoms with Crippen LogP contribution in [-0.2, 0) is 0 Å². The Hall–Kier alpha value is -1.83. The molecule has 2 amide bonds. The molecule has 0 spiro atoms. The summed E-state index contributed by atoms with van der Waals surface area (Å²) in [6, 6.07) is 8.15. The normalized spacial score (nSPS) is 17.0. The van der Waals surface area contributed by atoms with Crippen molar-refractivity contribution in [1.82, 2.24) is 16.0 Å². The fourth-order valence-corrected chi connectivity index (χ4v) is 4.41. The van der Waals surface area contributed by atoms with E-state index in [4.69, 9.17) is 5.73 Å². The summed E-state index contributed by atoms with van der Waals surface area (Å²) in [5.41, 5.74) is 9.08. The Bertz CT molecular complexity index is 786. The van der Waals surface area contributed by atoms with E-state index >= 15 is 0 Å². The van der Waals surface area contributed by atoms with E-state index in [1.807, 2.05) is 26.8 Å². The Labute approximate surface area is 176 Å². The first-order chi connectivity index (χ1) is 13.2. The lowest BCUT2D eigenvalue weighted by Crippen LogP contribution is -2.42. The van der Waals surface area contributed by atoms with Crippen molar-refractivity contribution < 1.29 is 4.79 Å². The molecule has 0 aromatic heterocycles. The minimum absolute atomic E-state index is 0.100. The predicted octanol–water partition coefficient (Wildman–Crippen LogP) is 4.35. The van der Waals surface area contributed by atoms with Crippen molar-refractivity contribution in [2.45, 2.75) is 33.1 Å². The molecule has 0 saturated heterocycles. The summed E-state index contributed by atoms with van der Waals surface area (Å²) in [7, 11) is 0. The molecule has 2 rings (SSSR count). The lowest BCUT2D eigenvalue weighted by molar-refractivity contribution is 0.237. The zero-order valence-corrected chi connectivity index (χ0v) is 18.6. The number of carbonyl (C=O) groups is 1. The number of aryl methyl sites for hydroxylation is 1. The molecule has 1 aliphatic heterocycles. The van der Waals surface area contributed by atoms with Crippen molar-refractivity contribution in [2.24, 2.45) is 11.1 Å². The van der Waals surface area contributed by atoms with Crippen LogP contribution in [0.25, 0.3) is 5.70 Å². The number of carbonyl (C=O) groups excluding carboxylic acids is 1. The summed E-state index contributed by atoms with van der Waals surface area (Å²) in [5.74, 6) is 0. The highest BCUT2D eigenvalue weighted by molar-refractivity contribution is 8.09. The molecule has 0 radical (unpaired) electrons. The first-order valence-electron chi connectivity index (χ1n) is 9.21. The molecule has 7 heteroatoms. The van der Waals surface area contributed by atoms with Crippen LogP contribution in [0, 0.1) is 12.3 Å². The van der Waals surface area contributed by atoms with Crippen molar-refractivity contribution in [3.8, 4) is 0 Å². The molecular weight excluding hydrogens is 388 g/mol. The maximum atomic E-state index is 12.1. The van der Waals surface area contributed by atoms with Gasteiger partial charge in [0, 0.05) is 17.1 Å². The van der Waals surface area contributed by atoms with Gasteiger partial charge in [-0.05, 0) is 42.8 Å². The van der Waals surface area contributed by atoms with Gasteiger partial charge in [0.1, 0.15) is 5.37 Å². The van der Waals surface area contributed by atoms with E-state index in [0.29, 0.717) is 18.1 Å². The van der Waals surface area contributed by atoms with E-state index in [2.05, 4.69) is 59.1 Å². The maximum Gasteiger partial charge on any atom is 0.319 e. The number of thioether (sulfide) groups is 2. The first-order valence-corrected chi connectivity index (χ1v) is 11.0. The van der Waals surface area contributed by atoms with E-state index in [1.54, 1.807) is 11.8 Å². The van der Waals surface area contributed by atoms with E-state index < -0.39 is 0 Å². The van der Waals surface area contributed by atoms with Crippen LogP contribution >= 0.6 is 23.5 Å². The molecule has 0 fully saturated rings. The molecule has 1 unspecified atom stereocenters. The third-order valence-corrected chi connectivity index (χ3v) is 6.48. The number of nitrogens with one attached hydrogen (secondary N) is 3. The molecule has 1 aliphatic rings. The smallest absolute Gasteiger partial charge is 0.319 e.